The number of nitrogens with zero attached hydrogens (tertiary/aromatic N) is 1. The van der Waals surface area contributed by atoms with Crippen LogP contribution in [-0.2, 0) is 14.3 Å². The lowest BCUT2D eigenvalue weighted by atomic mass is 9.93. The highest BCUT2D eigenvalue weighted by Crippen LogP contribution is 2.41. The number of nitrogens with one attached hydrogen (secondary N) is 2. The third-order valence-electron chi connectivity index (χ3n) is 6.27. The largest absolute Gasteiger partial charge is 0.444 e. The predicted molar refractivity (Wildman–Crippen MR) is 142 cm³/mol. The number of carbonyl (C=O) groups excluding carboxylic acids is 3. The summed E-state index contributed by atoms with van der Waals surface area (Å²) in [6.45, 7) is 16.9. The number of carbonyl (C=O) groups is 3. The molecule has 0 bridgehead atoms. The molecule has 0 radical (unpaired) electrons. The topological polar surface area (TPSA) is 87.7 Å². The number of rotatable bonds is 8. The molecule has 1 aliphatic rings. The summed E-state index contributed by atoms with van der Waals surface area (Å²) in [7, 11) is 0. The highest BCUT2D eigenvalue weighted by molar-refractivity contribution is 5.93. The summed E-state index contributed by atoms with van der Waals surface area (Å²) in [6, 6.07) is 5.26. The van der Waals surface area contributed by atoms with Gasteiger partial charge in [-0.15, -0.1) is 6.42 Å². The van der Waals surface area contributed by atoms with Crippen molar-refractivity contribution in [3.8, 4) is 12.3 Å². The number of ether oxygens (including phenoxy) is 1. The van der Waals surface area contributed by atoms with E-state index in [1.54, 1.807) is 37.8 Å². The first-order valence-electron chi connectivity index (χ1n) is 12.8. The summed E-state index contributed by atoms with van der Waals surface area (Å²) < 4.78 is 5.46. The van der Waals surface area contributed by atoms with Crippen molar-refractivity contribution >= 4 is 17.9 Å². The molecule has 7 heteroatoms. The quantitative estimate of drug-likeness (QED) is 0.505. The number of terminal acetylenes is 1. The molecular weight excluding hydrogens is 454 g/mol. The minimum absolute atomic E-state index is 0.147. The molecule has 5 atom stereocenters. The Morgan fingerprint density at radius 3 is 2.22 bits per heavy atom. The zero-order chi connectivity index (χ0) is 27.4. The average Bonchev–Trinajstić information content (AvgIpc) is 3.47. The zero-order valence-electron chi connectivity index (χ0n) is 23.3. The van der Waals surface area contributed by atoms with Crippen LogP contribution >= 0.6 is 0 Å². The molecule has 1 aromatic rings. The van der Waals surface area contributed by atoms with Crippen molar-refractivity contribution in [2.45, 2.75) is 104 Å². The van der Waals surface area contributed by atoms with Crippen molar-refractivity contribution < 1.29 is 19.1 Å². The van der Waals surface area contributed by atoms with Crippen LogP contribution in [0.3, 0.4) is 0 Å². The van der Waals surface area contributed by atoms with Crippen molar-refractivity contribution in [1.29, 1.82) is 0 Å². The number of hydrogen-bond donors (Lipinski definition) is 2. The van der Waals surface area contributed by atoms with Gasteiger partial charge in [-0.05, 0) is 71.4 Å². The van der Waals surface area contributed by atoms with Gasteiger partial charge in [-0.25, -0.2) is 4.79 Å². The monoisotopic (exact) mass is 497 g/mol. The molecule has 1 fully saturated rings. The molecule has 36 heavy (non-hydrogen) atoms. The van der Waals surface area contributed by atoms with Gasteiger partial charge < -0.3 is 20.3 Å². The summed E-state index contributed by atoms with van der Waals surface area (Å²) in [6.07, 6.45) is 6.56. The molecule has 2 rings (SSSR count). The fraction of sp³-hybridized carbons (Fsp3) is 0.621. The van der Waals surface area contributed by atoms with Crippen molar-refractivity contribution in [2.75, 3.05) is 0 Å². The van der Waals surface area contributed by atoms with Crippen LogP contribution < -0.4 is 10.6 Å². The maximum absolute atomic E-state index is 14.3. The first-order chi connectivity index (χ1) is 16.6. The van der Waals surface area contributed by atoms with E-state index in [1.807, 2.05) is 46.8 Å². The second-order valence-electron chi connectivity index (χ2n) is 11.9. The molecule has 0 heterocycles. The Hall–Kier alpha value is -3.01. The van der Waals surface area contributed by atoms with Gasteiger partial charge in [0.1, 0.15) is 17.7 Å². The number of alkyl carbamates (subject to hydrolysis) is 1. The van der Waals surface area contributed by atoms with Crippen LogP contribution in [-0.4, -0.2) is 46.0 Å². The first-order valence-corrected chi connectivity index (χ1v) is 12.8. The van der Waals surface area contributed by atoms with E-state index in [9.17, 15) is 14.4 Å². The average molecular weight is 498 g/mol. The van der Waals surface area contributed by atoms with Crippen molar-refractivity contribution in [1.82, 2.24) is 15.5 Å². The van der Waals surface area contributed by atoms with Crippen LogP contribution in [0.4, 0.5) is 4.79 Å². The highest BCUT2D eigenvalue weighted by Gasteiger charge is 2.49. The summed E-state index contributed by atoms with van der Waals surface area (Å²) in [5, 5.41) is 5.84. The molecule has 1 saturated carbocycles. The molecule has 0 aliphatic heterocycles. The van der Waals surface area contributed by atoms with Gasteiger partial charge in [0.15, 0.2) is 0 Å². The summed E-state index contributed by atoms with van der Waals surface area (Å²) in [5.41, 5.74) is -0.0827. The number of amides is 3. The maximum atomic E-state index is 14.3. The fourth-order valence-corrected chi connectivity index (χ4v) is 4.17. The second-order valence-corrected chi connectivity index (χ2v) is 11.9. The minimum atomic E-state index is -0.939. The van der Waals surface area contributed by atoms with E-state index in [1.165, 1.54) is 0 Å². The summed E-state index contributed by atoms with van der Waals surface area (Å²) >= 11 is 0. The van der Waals surface area contributed by atoms with Crippen LogP contribution in [0.15, 0.2) is 24.3 Å². The van der Waals surface area contributed by atoms with Gasteiger partial charge in [-0.1, -0.05) is 51.3 Å². The molecule has 1 aliphatic carbocycles. The van der Waals surface area contributed by atoms with E-state index < -0.39 is 29.3 Å². The lowest BCUT2D eigenvalue weighted by molar-refractivity contribution is -0.145. The second kappa shape index (κ2) is 11.4. The van der Waals surface area contributed by atoms with Gasteiger partial charge in [0, 0.05) is 17.1 Å². The van der Waals surface area contributed by atoms with Crippen molar-refractivity contribution in [2.24, 2.45) is 11.8 Å². The first kappa shape index (κ1) is 29.2. The molecule has 0 saturated heterocycles. The number of benzene rings is 1. The Morgan fingerprint density at radius 2 is 1.75 bits per heavy atom. The van der Waals surface area contributed by atoms with Crippen LogP contribution in [0.5, 0.6) is 0 Å². The standard InChI is InChI=1S/C29H43N3O4/c1-11-18(3)23(30-27(35)36-29(8,9)10)26(34)32(22-17-19(22)4)24(25(33)31-28(5,6)7)21-16-14-13-15-20(21)12-2/h2,13-16,18-19,22-24H,11,17H2,1,3-10H3,(H,30,35)(H,31,33). The molecule has 2 N–H and O–H groups in total. The van der Waals surface area contributed by atoms with Crippen LogP contribution in [0.1, 0.15) is 92.3 Å². The summed E-state index contributed by atoms with van der Waals surface area (Å²) in [4.78, 5) is 42.4. The van der Waals surface area contributed by atoms with E-state index in [2.05, 4.69) is 23.5 Å². The van der Waals surface area contributed by atoms with Gasteiger partial charge in [-0.3, -0.25) is 9.59 Å². The lowest BCUT2D eigenvalue weighted by Gasteiger charge is -2.38. The predicted octanol–water partition coefficient (Wildman–Crippen LogP) is 4.80. The smallest absolute Gasteiger partial charge is 0.408 e. The Bertz CT molecular complexity index is 999. The normalized spacial score (nSPS) is 19.8. The van der Waals surface area contributed by atoms with Crippen molar-refractivity contribution in [3.63, 3.8) is 0 Å². The molecule has 198 valence electrons. The van der Waals surface area contributed by atoms with E-state index in [0.29, 0.717) is 17.5 Å². The van der Waals surface area contributed by atoms with E-state index >= 15 is 0 Å². The van der Waals surface area contributed by atoms with Gasteiger partial charge in [-0.2, -0.15) is 0 Å². The number of hydrogen-bond acceptors (Lipinski definition) is 4. The molecular formula is C29H43N3O4. The third-order valence-corrected chi connectivity index (χ3v) is 6.27. The zero-order valence-corrected chi connectivity index (χ0v) is 23.3. The highest BCUT2D eigenvalue weighted by atomic mass is 16.6. The van der Waals surface area contributed by atoms with Gasteiger partial charge in [0.2, 0.25) is 11.8 Å². The van der Waals surface area contributed by atoms with E-state index in [4.69, 9.17) is 11.2 Å². The SMILES string of the molecule is C#Cc1ccccc1C(C(=O)NC(C)(C)C)N(C(=O)C(NC(=O)OC(C)(C)C)C(C)CC)C1CC1C. The third kappa shape index (κ3) is 7.74. The van der Waals surface area contributed by atoms with Gasteiger partial charge >= 0.3 is 6.09 Å². The van der Waals surface area contributed by atoms with Crippen LogP contribution in [0.2, 0.25) is 0 Å². The van der Waals surface area contributed by atoms with E-state index in [-0.39, 0.29) is 29.7 Å². The Morgan fingerprint density at radius 1 is 1.17 bits per heavy atom. The maximum Gasteiger partial charge on any atom is 0.408 e. The molecule has 3 amide bonds. The van der Waals surface area contributed by atoms with Crippen molar-refractivity contribution in [3.05, 3.63) is 35.4 Å². The van der Waals surface area contributed by atoms with Crippen LogP contribution in [0, 0.1) is 24.2 Å². The van der Waals surface area contributed by atoms with Crippen LogP contribution in [0.25, 0.3) is 0 Å². The Kier molecular flexibility index (Phi) is 9.23. The molecule has 1 aromatic carbocycles. The van der Waals surface area contributed by atoms with Gasteiger partial charge in [0.05, 0.1) is 0 Å². The lowest BCUT2D eigenvalue weighted by Crippen LogP contribution is -2.57. The summed E-state index contributed by atoms with van der Waals surface area (Å²) in [5.74, 6) is 2.08. The molecule has 0 spiro atoms. The molecule has 0 aromatic heterocycles. The van der Waals surface area contributed by atoms with Gasteiger partial charge in [0.25, 0.3) is 0 Å². The Balaban J connectivity index is 2.60. The fourth-order valence-electron chi connectivity index (χ4n) is 4.17. The molecule has 5 unspecified atom stereocenters. The van der Waals surface area contributed by atoms with E-state index in [0.717, 1.165) is 6.42 Å². The molecule has 7 nitrogen and oxygen atoms in total. The minimum Gasteiger partial charge on any atom is -0.444 e. The Labute approximate surface area is 216 Å².